The number of hydrogen-bond donors (Lipinski definition) is 1. The first kappa shape index (κ1) is 16.5. The summed E-state index contributed by atoms with van der Waals surface area (Å²) in [5.41, 5.74) is 1.42. The maximum atomic E-state index is 12.1. The molecule has 1 amide bonds. The lowest BCUT2D eigenvalue weighted by Gasteiger charge is -2.10. The van der Waals surface area contributed by atoms with Crippen LogP contribution in [0.4, 0.5) is 5.69 Å². The number of rotatable bonds is 7. The van der Waals surface area contributed by atoms with Gasteiger partial charge in [-0.15, -0.1) is 0 Å². The Morgan fingerprint density at radius 1 is 1.35 bits per heavy atom. The monoisotopic (exact) mass is 309 g/mol. The molecule has 0 saturated carbocycles. The van der Waals surface area contributed by atoms with Crippen LogP contribution in [0.2, 0.25) is 0 Å². The zero-order chi connectivity index (χ0) is 16.5. The van der Waals surface area contributed by atoms with Crippen LogP contribution in [0.1, 0.15) is 42.1 Å². The van der Waals surface area contributed by atoms with Crippen molar-refractivity contribution in [3.05, 3.63) is 53.9 Å². The Balaban J connectivity index is 2.04. The molecule has 0 radical (unpaired) electrons. The van der Waals surface area contributed by atoms with E-state index in [9.17, 15) is 10.1 Å². The van der Waals surface area contributed by atoms with E-state index in [0.29, 0.717) is 29.2 Å². The largest absolute Gasteiger partial charge is 0.492 e. The van der Waals surface area contributed by atoms with E-state index in [4.69, 9.17) is 4.74 Å². The lowest BCUT2D eigenvalue weighted by molar-refractivity contribution is 0.102. The molecule has 0 spiro atoms. The SMILES string of the molecule is CCCCCOc1ccc(NC(=O)c2cccnc2)cc1C#N. The van der Waals surface area contributed by atoms with Crippen LogP contribution in [0.5, 0.6) is 5.75 Å². The van der Waals surface area contributed by atoms with Gasteiger partial charge in [-0.2, -0.15) is 5.26 Å². The van der Waals surface area contributed by atoms with Gasteiger partial charge in [0.2, 0.25) is 0 Å². The summed E-state index contributed by atoms with van der Waals surface area (Å²) in [6, 6.07) is 10.5. The minimum Gasteiger partial charge on any atom is -0.492 e. The van der Waals surface area contributed by atoms with Crippen LogP contribution in [-0.2, 0) is 0 Å². The second-order valence-electron chi connectivity index (χ2n) is 5.07. The summed E-state index contributed by atoms with van der Waals surface area (Å²) in [4.78, 5) is 16.0. The van der Waals surface area contributed by atoms with Crippen molar-refractivity contribution in [1.82, 2.24) is 4.98 Å². The number of nitriles is 1. The van der Waals surface area contributed by atoms with Gasteiger partial charge in [0.1, 0.15) is 11.8 Å². The second kappa shape index (κ2) is 8.54. The fraction of sp³-hybridized carbons (Fsp3) is 0.278. The number of nitrogens with zero attached hydrogens (tertiary/aromatic N) is 2. The molecule has 0 saturated heterocycles. The van der Waals surface area contributed by atoms with Gasteiger partial charge in [0.25, 0.3) is 5.91 Å². The number of benzene rings is 1. The molecular weight excluding hydrogens is 290 g/mol. The van der Waals surface area contributed by atoms with Crippen molar-refractivity contribution >= 4 is 11.6 Å². The van der Waals surface area contributed by atoms with E-state index in [0.717, 1.165) is 19.3 Å². The van der Waals surface area contributed by atoms with Crippen LogP contribution < -0.4 is 10.1 Å². The summed E-state index contributed by atoms with van der Waals surface area (Å²) >= 11 is 0. The predicted molar refractivity (Wildman–Crippen MR) is 88.4 cm³/mol. The van der Waals surface area contributed by atoms with Gasteiger partial charge in [0.05, 0.1) is 17.7 Å². The summed E-state index contributed by atoms with van der Waals surface area (Å²) in [6.07, 6.45) is 6.27. The van der Waals surface area contributed by atoms with Gasteiger partial charge in [-0.05, 0) is 36.8 Å². The molecule has 1 heterocycles. The lowest BCUT2D eigenvalue weighted by Crippen LogP contribution is -2.12. The molecule has 0 bridgehead atoms. The number of carbonyl (C=O) groups is 1. The smallest absolute Gasteiger partial charge is 0.257 e. The van der Waals surface area contributed by atoms with Gasteiger partial charge in [-0.3, -0.25) is 9.78 Å². The van der Waals surface area contributed by atoms with Crippen molar-refractivity contribution < 1.29 is 9.53 Å². The number of nitrogens with one attached hydrogen (secondary N) is 1. The third-order valence-corrected chi connectivity index (χ3v) is 3.29. The number of unbranched alkanes of at least 4 members (excludes halogenated alkanes) is 2. The molecule has 0 unspecified atom stereocenters. The number of hydrogen-bond acceptors (Lipinski definition) is 4. The average molecular weight is 309 g/mol. The molecule has 0 fully saturated rings. The Morgan fingerprint density at radius 3 is 2.91 bits per heavy atom. The van der Waals surface area contributed by atoms with Crippen molar-refractivity contribution in [3.63, 3.8) is 0 Å². The van der Waals surface area contributed by atoms with E-state index in [-0.39, 0.29) is 5.91 Å². The van der Waals surface area contributed by atoms with Crippen molar-refractivity contribution in [2.24, 2.45) is 0 Å². The molecule has 5 heteroatoms. The molecule has 1 aromatic carbocycles. The normalized spacial score (nSPS) is 9.91. The van der Waals surface area contributed by atoms with Gasteiger partial charge in [0, 0.05) is 18.1 Å². The van der Waals surface area contributed by atoms with Crippen LogP contribution in [0.25, 0.3) is 0 Å². The van der Waals surface area contributed by atoms with Crippen LogP contribution in [0.3, 0.4) is 0 Å². The Kier molecular flexibility index (Phi) is 6.13. The van der Waals surface area contributed by atoms with E-state index in [2.05, 4.69) is 23.3 Å². The van der Waals surface area contributed by atoms with Crippen LogP contribution in [-0.4, -0.2) is 17.5 Å². The van der Waals surface area contributed by atoms with E-state index < -0.39 is 0 Å². The fourth-order valence-corrected chi connectivity index (χ4v) is 2.06. The van der Waals surface area contributed by atoms with E-state index in [1.807, 2.05) is 0 Å². The number of aromatic nitrogens is 1. The average Bonchev–Trinajstić information content (AvgIpc) is 2.60. The number of amides is 1. The quantitative estimate of drug-likeness (QED) is 0.790. The van der Waals surface area contributed by atoms with E-state index in [1.54, 1.807) is 36.5 Å². The standard InChI is InChI=1S/C18H19N3O2/c1-2-3-4-10-23-17-8-7-16(11-15(17)12-19)21-18(22)14-6-5-9-20-13-14/h5-9,11,13H,2-4,10H2,1H3,(H,21,22). The van der Waals surface area contributed by atoms with Gasteiger partial charge >= 0.3 is 0 Å². The summed E-state index contributed by atoms with van der Waals surface area (Å²) in [5, 5.41) is 12.0. The Bertz CT molecular complexity index is 693. The maximum absolute atomic E-state index is 12.1. The van der Waals surface area contributed by atoms with Crippen molar-refractivity contribution in [2.75, 3.05) is 11.9 Å². The molecule has 0 aliphatic rings. The highest BCUT2D eigenvalue weighted by Gasteiger charge is 2.09. The summed E-state index contributed by atoms with van der Waals surface area (Å²) in [5.74, 6) is 0.279. The first-order valence-corrected chi connectivity index (χ1v) is 7.63. The molecule has 0 aliphatic heterocycles. The van der Waals surface area contributed by atoms with Crippen molar-refractivity contribution in [1.29, 1.82) is 5.26 Å². The molecule has 23 heavy (non-hydrogen) atoms. The topological polar surface area (TPSA) is 75.0 Å². The van der Waals surface area contributed by atoms with E-state index >= 15 is 0 Å². The zero-order valence-corrected chi connectivity index (χ0v) is 13.1. The lowest BCUT2D eigenvalue weighted by atomic mass is 10.2. The van der Waals surface area contributed by atoms with Gasteiger partial charge in [0.15, 0.2) is 0 Å². The fourth-order valence-electron chi connectivity index (χ4n) is 2.06. The van der Waals surface area contributed by atoms with Crippen molar-refractivity contribution in [2.45, 2.75) is 26.2 Å². The first-order chi connectivity index (χ1) is 11.2. The number of pyridine rings is 1. The van der Waals surface area contributed by atoms with Gasteiger partial charge in [-0.25, -0.2) is 0 Å². The highest BCUT2D eigenvalue weighted by Crippen LogP contribution is 2.23. The molecule has 118 valence electrons. The highest BCUT2D eigenvalue weighted by molar-refractivity contribution is 6.04. The Labute approximate surface area is 135 Å². The van der Waals surface area contributed by atoms with Gasteiger partial charge in [-0.1, -0.05) is 19.8 Å². The van der Waals surface area contributed by atoms with Gasteiger partial charge < -0.3 is 10.1 Å². The van der Waals surface area contributed by atoms with Crippen LogP contribution in [0, 0.1) is 11.3 Å². The van der Waals surface area contributed by atoms with Crippen LogP contribution in [0.15, 0.2) is 42.7 Å². The summed E-state index contributed by atoms with van der Waals surface area (Å²) < 4.78 is 5.63. The minimum atomic E-state index is -0.265. The molecule has 2 aromatic rings. The summed E-state index contributed by atoms with van der Waals surface area (Å²) in [7, 11) is 0. The number of ether oxygens (including phenoxy) is 1. The Morgan fingerprint density at radius 2 is 2.22 bits per heavy atom. The van der Waals surface area contributed by atoms with Crippen molar-refractivity contribution in [3.8, 4) is 11.8 Å². The molecule has 5 nitrogen and oxygen atoms in total. The molecule has 1 N–H and O–H groups in total. The number of carbonyl (C=O) groups excluding carboxylic acids is 1. The molecule has 0 atom stereocenters. The summed E-state index contributed by atoms with van der Waals surface area (Å²) in [6.45, 7) is 2.71. The third-order valence-electron chi connectivity index (χ3n) is 3.29. The zero-order valence-electron chi connectivity index (χ0n) is 13.1. The Hall–Kier alpha value is -2.87. The molecule has 0 aliphatic carbocycles. The molecule has 2 rings (SSSR count). The molecular formula is C18H19N3O2. The maximum Gasteiger partial charge on any atom is 0.257 e. The van der Waals surface area contributed by atoms with Crippen LogP contribution >= 0.6 is 0 Å². The van der Waals surface area contributed by atoms with E-state index in [1.165, 1.54) is 6.20 Å². The third kappa shape index (κ3) is 4.82. The minimum absolute atomic E-state index is 0.265. The predicted octanol–water partition coefficient (Wildman–Crippen LogP) is 3.77. The highest BCUT2D eigenvalue weighted by atomic mass is 16.5. The molecule has 1 aromatic heterocycles. The second-order valence-corrected chi connectivity index (χ2v) is 5.07. The first-order valence-electron chi connectivity index (χ1n) is 7.63. The number of anilines is 1.